The fraction of sp³-hybridized carbons (Fsp3) is 0.438. The first-order valence-electron chi connectivity index (χ1n) is 7.34. The molecule has 4 nitrogen and oxygen atoms in total. The Bertz CT molecular complexity index is 686. The molecule has 5 heteroatoms. The second-order valence-corrected chi connectivity index (χ2v) is 6.09. The van der Waals surface area contributed by atoms with Gasteiger partial charge in [0.05, 0.1) is 5.02 Å². The number of halogens is 1. The van der Waals surface area contributed by atoms with Crippen LogP contribution in [0, 0.1) is 6.92 Å². The van der Waals surface area contributed by atoms with E-state index in [9.17, 15) is 4.79 Å². The maximum absolute atomic E-state index is 12.5. The first-order chi connectivity index (χ1) is 10.1. The lowest BCUT2D eigenvalue weighted by atomic mass is 10.1. The van der Waals surface area contributed by atoms with Gasteiger partial charge in [0.1, 0.15) is 5.69 Å². The number of fused-ring (bicyclic) bond motifs is 1. The molecule has 0 bridgehead atoms. The molecule has 1 amide bonds. The first-order valence-corrected chi connectivity index (χ1v) is 7.72. The molecular weight excluding hydrogens is 286 g/mol. The number of benzene rings is 1. The summed E-state index contributed by atoms with van der Waals surface area (Å²) in [5, 5.41) is 8.09. The van der Waals surface area contributed by atoms with E-state index < -0.39 is 0 Å². The third-order valence-electron chi connectivity index (χ3n) is 4.26. The highest BCUT2D eigenvalue weighted by Gasteiger charge is 2.20. The molecule has 1 saturated heterocycles. The van der Waals surface area contributed by atoms with Crippen molar-refractivity contribution in [2.75, 3.05) is 13.1 Å². The van der Waals surface area contributed by atoms with Crippen LogP contribution in [0.3, 0.4) is 0 Å². The summed E-state index contributed by atoms with van der Waals surface area (Å²) in [7, 11) is 1.91. The number of nitrogens with zero attached hydrogens (tertiary/aromatic N) is 1. The average molecular weight is 306 g/mol. The van der Waals surface area contributed by atoms with Crippen LogP contribution in [0.2, 0.25) is 5.02 Å². The van der Waals surface area contributed by atoms with Crippen LogP contribution in [0.25, 0.3) is 10.9 Å². The van der Waals surface area contributed by atoms with E-state index in [1.807, 2.05) is 36.7 Å². The minimum absolute atomic E-state index is 0.0191. The standard InChI is InChI=1S/C16H20ClN3O/c1-10-3-4-13-12(15(10)17)9-14(20(13)2)16(21)19-11-5-7-18-8-6-11/h3-4,9,11,18H,5-8H2,1-2H3,(H,19,21). The number of piperidine rings is 1. The molecule has 2 N–H and O–H groups in total. The molecule has 3 rings (SSSR count). The molecule has 1 fully saturated rings. The average Bonchev–Trinajstić information content (AvgIpc) is 2.82. The first kappa shape index (κ1) is 14.4. The lowest BCUT2D eigenvalue weighted by molar-refractivity contribution is 0.0921. The Morgan fingerprint density at radius 2 is 2.10 bits per heavy atom. The van der Waals surface area contributed by atoms with Crippen LogP contribution >= 0.6 is 11.6 Å². The third kappa shape index (κ3) is 2.65. The predicted molar refractivity (Wildman–Crippen MR) is 86.0 cm³/mol. The number of hydrogen-bond acceptors (Lipinski definition) is 2. The van der Waals surface area contributed by atoms with E-state index in [4.69, 9.17) is 11.6 Å². The summed E-state index contributed by atoms with van der Waals surface area (Å²) >= 11 is 6.35. The second kappa shape index (κ2) is 5.70. The summed E-state index contributed by atoms with van der Waals surface area (Å²) in [5.74, 6) is -0.0191. The van der Waals surface area contributed by atoms with Crippen LogP contribution in [-0.2, 0) is 7.05 Å². The highest BCUT2D eigenvalue weighted by molar-refractivity contribution is 6.36. The maximum Gasteiger partial charge on any atom is 0.268 e. The Morgan fingerprint density at radius 1 is 1.38 bits per heavy atom. The molecule has 0 spiro atoms. The highest BCUT2D eigenvalue weighted by Crippen LogP contribution is 2.29. The van der Waals surface area contributed by atoms with Gasteiger partial charge < -0.3 is 15.2 Å². The van der Waals surface area contributed by atoms with Gasteiger partial charge in [-0.3, -0.25) is 4.79 Å². The van der Waals surface area contributed by atoms with Crippen LogP contribution in [-0.4, -0.2) is 29.6 Å². The molecule has 0 saturated carbocycles. The van der Waals surface area contributed by atoms with Crippen molar-refractivity contribution in [1.82, 2.24) is 15.2 Å². The molecule has 0 radical (unpaired) electrons. The molecule has 0 atom stereocenters. The second-order valence-electron chi connectivity index (χ2n) is 5.72. The molecule has 2 heterocycles. The van der Waals surface area contributed by atoms with Gasteiger partial charge in [-0.2, -0.15) is 0 Å². The van der Waals surface area contributed by atoms with E-state index in [0.29, 0.717) is 5.69 Å². The van der Waals surface area contributed by atoms with Gasteiger partial charge in [0, 0.05) is 24.0 Å². The van der Waals surface area contributed by atoms with Gasteiger partial charge >= 0.3 is 0 Å². The van der Waals surface area contributed by atoms with E-state index in [2.05, 4.69) is 10.6 Å². The number of nitrogens with one attached hydrogen (secondary N) is 2. The minimum Gasteiger partial charge on any atom is -0.348 e. The zero-order chi connectivity index (χ0) is 15.0. The van der Waals surface area contributed by atoms with Crippen LogP contribution in [0.1, 0.15) is 28.9 Å². The van der Waals surface area contributed by atoms with Crippen molar-refractivity contribution in [2.24, 2.45) is 7.05 Å². The molecular formula is C16H20ClN3O. The smallest absolute Gasteiger partial charge is 0.268 e. The van der Waals surface area contributed by atoms with Gasteiger partial charge in [0.15, 0.2) is 0 Å². The normalized spacial score (nSPS) is 16.3. The van der Waals surface area contributed by atoms with E-state index in [-0.39, 0.29) is 11.9 Å². The molecule has 21 heavy (non-hydrogen) atoms. The Labute approximate surface area is 129 Å². The number of carbonyl (C=O) groups is 1. The number of carbonyl (C=O) groups excluding carboxylic acids is 1. The van der Waals surface area contributed by atoms with Crippen molar-refractivity contribution in [3.63, 3.8) is 0 Å². The van der Waals surface area contributed by atoms with E-state index in [1.54, 1.807) is 0 Å². The Balaban J connectivity index is 1.91. The van der Waals surface area contributed by atoms with E-state index in [1.165, 1.54) is 0 Å². The number of rotatable bonds is 2. The summed E-state index contributed by atoms with van der Waals surface area (Å²) in [4.78, 5) is 12.5. The largest absolute Gasteiger partial charge is 0.348 e. The molecule has 0 unspecified atom stereocenters. The molecule has 0 aliphatic carbocycles. The zero-order valence-electron chi connectivity index (χ0n) is 12.4. The highest BCUT2D eigenvalue weighted by atomic mass is 35.5. The van der Waals surface area contributed by atoms with Crippen molar-refractivity contribution in [3.05, 3.63) is 34.5 Å². The summed E-state index contributed by atoms with van der Waals surface area (Å²) in [5.41, 5.74) is 2.68. The molecule has 1 aliphatic rings. The lowest BCUT2D eigenvalue weighted by Crippen LogP contribution is -2.43. The van der Waals surface area contributed by atoms with Crippen molar-refractivity contribution in [1.29, 1.82) is 0 Å². The minimum atomic E-state index is -0.0191. The van der Waals surface area contributed by atoms with Crippen LogP contribution in [0.15, 0.2) is 18.2 Å². The third-order valence-corrected chi connectivity index (χ3v) is 4.76. The van der Waals surface area contributed by atoms with Gasteiger partial charge in [0.2, 0.25) is 0 Å². The lowest BCUT2D eigenvalue weighted by Gasteiger charge is -2.23. The summed E-state index contributed by atoms with van der Waals surface area (Å²) in [6.45, 7) is 3.90. The van der Waals surface area contributed by atoms with Crippen molar-refractivity contribution in [3.8, 4) is 0 Å². The number of aromatic nitrogens is 1. The van der Waals surface area contributed by atoms with Gasteiger partial charge in [-0.1, -0.05) is 17.7 Å². The quantitative estimate of drug-likeness (QED) is 0.896. The number of hydrogen-bond donors (Lipinski definition) is 2. The van der Waals surface area contributed by atoms with Crippen molar-refractivity contribution >= 4 is 28.4 Å². The fourth-order valence-corrected chi connectivity index (χ4v) is 3.14. The predicted octanol–water partition coefficient (Wildman–Crippen LogP) is 2.62. The maximum atomic E-state index is 12.5. The van der Waals surface area contributed by atoms with E-state index in [0.717, 1.165) is 47.4 Å². The number of aryl methyl sites for hydroxylation is 2. The van der Waals surface area contributed by atoms with Crippen LogP contribution in [0.4, 0.5) is 0 Å². The Hall–Kier alpha value is -1.52. The van der Waals surface area contributed by atoms with Crippen molar-refractivity contribution < 1.29 is 4.79 Å². The molecule has 1 aliphatic heterocycles. The summed E-state index contributed by atoms with van der Waals surface area (Å²) < 4.78 is 1.91. The van der Waals surface area contributed by atoms with Gasteiger partial charge in [-0.25, -0.2) is 0 Å². The Morgan fingerprint density at radius 3 is 2.81 bits per heavy atom. The topological polar surface area (TPSA) is 46.1 Å². The van der Waals surface area contributed by atoms with Crippen molar-refractivity contribution in [2.45, 2.75) is 25.8 Å². The molecule has 1 aromatic heterocycles. The molecule has 1 aromatic carbocycles. The number of amides is 1. The summed E-state index contributed by atoms with van der Waals surface area (Å²) in [6, 6.07) is 6.15. The molecule has 2 aromatic rings. The zero-order valence-corrected chi connectivity index (χ0v) is 13.1. The SMILES string of the molecule is Cc1ccc2c(cc(C(=O)NC3CCNCC3)n2C)c1Cl. The van der Waals surface area contributed by atoms with E-state index >= 15 is 0 Å². The Kier molecular flexibility index (Phi) is 3.91. The van der Waals surface area contributed by atoms with Crippen LogP contribution < -0.4 is 10.6 Å². The van der Waals surface area contributed by atoms with Crippen LogP contribution in [0.5, 0.6) is 0 Å². The fourth-order valence-electron chi connectivity index (χ4n) is 2.93. The summed E-state index contributed by atoms with van der Waals surface area (Å²) in [6.07, 6.45) is 1.96. The van der Waals surface area contributed by atoms with Gasteiger partial charge in [0.25, 0.3) is 5.91 Å². The van der Waals surface area contributed by atoms with Gasteiger partial charge in [-0.05, 0) is 50.6 Å². The molecule has 112 valence electrons. The van der Waals surface area contributed by atoms with Gasteiger partial charge in [-0.15, -0.1) is 0 Å². The monoisotopic (exact) mass is 305 g/mol.